The zero-order valence-electron chi connectivity index (χ0n) is 10.0. The van der Waals surface area contributed by atoms with E-state index in [2.05, 4.69) is 19.2 Å². The number of esters is 1. The zero-order valence-corrected chi connectivity index (χ0v) is 10.0. The lowest BCUT2D eigenvalue weighted by atomic mass is 9.82. The number of hydrogen-bond acceptors (Lipinski definition) is 3. The molecule has 0 bridgehead atoms. The van der Waals surface area contributed by atoms with Gasteiger partial charge < -0.3 is 10.1 Å². The van der Waals surface area contributed by atoms with Crippen molar-refractivity contribution in [2.24, 2.45) is 5.41 Å². The number of nitrogens with one attached hydrogen (secondary N) is 1. The van der Waals surface area contributed by atoms with E-state index < -0.39 is 0 Å². The van der Waals surface area contributed by atoms with Gasteiger partial charge in [-0.25, -0.2) is 0 Å². The summed E-state index contributed by atoms with van der Waals surface area (Å²) in [4.78, 5) is 11.6. The van der Waals surface area contributed by atoms with Crippen LogP contribution in [-0.4, -0.2) is 25.7 Å². The van der Waals surface area contributed by atoms with Crippen LogP contribution < -0.4 is 5.32 Å². The van der Waals surface area contributed by atoms with E-state index in [1.165, 1.54) is 7.11 Å². The molecule has 0 aliphatic carbocycles. The number of carbonyl (C=O) groups is 1. The Bertz CT molecular complexity index is 174. The van der Waals surface area contributed by atoms with Crippen LogP contribution >= 0.6 is 0 Å². The van der Waals surface area contributed by atoms with E-state index in [0.29, 0.717) is 12.6 Å². The molecule has 0 aromatic carbocycles. The lowest BCUT2D eigenvalue weighted by Gasteiger charge is -2.29. The fourth-order valence-corrected chi connectivity index (χ4v) is 1.48. The predicted molar refractivity (Wildman–Crippen MR) is 58.2 cm³/mol. The molecule has 3 heteroatoms. The summed E-state index contributed by atoms with van der Waals surface area (Å²) in [5, 5.41) is 3.30. The van der Waals surface area contributed by atoms with Crippen molar-refractivity contribution in [3.05, 3.63) is 0 Å². The quantitative estimate of drug-likeness (QED) is 0.668. The minimum Gasteiger partial charge on any atom is -0.469 e. The maximum atomic E-state index is 11.6. The zero-order chi connectivity index (χ0) is 11.2. The molecule has 0 amide bonds. The molecule has 0 aromatic heterocycles. The van der Waals surface area contributed by atoms with E-state index in [1.54, 1.807) is 0 Å². The first kappa shape index (κ1) is 13.4. The standard InChI is InChI=1S/C11H23NO2/c1-6-11(7-2,10(13)14-5)8-12-9(3)4/h9,12H,6-8H2,1-5H3. The van der Waals surface area contributed by atoms with Crippen molar-refractivity contribution in [2.75, 3.05) is 13.7 Å². The molecule has 84 valence electrons. The molecule has 0 rings (SSSR count). The Morgan fingerprint density at radius 1 is 1.36 bits per heavy atom. The summed E-state index contributed by atoms with van der Waals surface area (Å²) in [6, 6.07) is 0.400. The number of carbonyl (C=O) groups excluding carboxylic acids is 1. The number of methoxy groups -OCH3 is 1. The first-order valence-corrected chi connectivity index (χ1v) is 5.34. The number of ether oxygens (including phenoxy) is 1. The second kappa shape index (κ2) is 6.02. The van der Waals surface area contributed by atoms with Gasteiger partial charge in [-0.2, -0.15) is 0 Å². The van der Waals surface area contributed by atoms with Gasteiger partial charge in [0.05, 0.1) is 12.5 Å². The Hall–Kier alpha value is -0.570. The second-order valence-corrected chi connectivity index (χ2v) is 4.01. The Morgan fingerprint density at radius 3 is 2.14 bits per heavy atom. The van der Waals surface area contributed by atoms with Gasteiger partial charge >= 0.3 is 5.97 Å². The van der Waals surface area contributed by atoms with Crippen LogP contribution in [0.5, 0.6) is 0 Å². The van der Waals surface area contributed by atoms with E-state index in [9.17, 15) is 4.79 Å². The summed E-state index contributed by atoms with van der Waals surface area (Å²) in [5.74, 6) is -0.101. The normalized spacial score (nSPS) is 11.9. The average Bonchev–Trinajstić information content (AvgIpc) is 2.19. The molecule has 0 heterocycles. The highest BCUT2D eigenvalue weighted by atomic mass is 16.5. The molecule has 0 spiro atoms. The van der Waals surface area contributed by atoms with Crippen molar-refractivity contribution < 1.29 is 9.53 Å². The van der Waals surface area contributed by atoms with Gasteiger partial charge in [-0.1, -0.05) is 27.7 Å². The van der Waals surface area contributed by atoms with Gasteiger partial charge in [0.2, 0.25) is 0 Å². The molecule has 0 saturated heterocycles. The van der Waals surface area contributed by atoms with Crippen LogP contribution in [0.2, 0.25) is 0 Å². The summed E-state index contributed by atoms with van der Waals surface area (Å²) in [6.07, 6.45) is 1.63. The van der Waals surface area contributed by atoms with E-state index >= 15 is 0 Å². The van der Waals surface area contributed by atoms with Crippen LogP contribution in [-0.2, 0) is 9.53 Å². The molecule has 1 N–H and O–H groups in total. The van der Waals surface area contributed by atoms with Crippen LogP contribution in [0.1, 0.15) is 40.5 Å². The van der Waals surface area contributed by atoms with Gasteiger partial charge in [-0.05, 0) is 12.8 Å². The van der Waals surface area contributed by atoms with Crippen molar-refractivity contribution in [1.82, 2.24) is 5.32 Å². The Labute approximate surface area is 87.2 Å². The smallest absolute Gasteiger partial charge is 0.313 e. The Kier molecular flexibility index (Phi) is 5.77. The number of rotatable bonds is 6. The first-order valence-electron chi connectivity index (χ1n) is 5.34. The van der Waals surface area contributed by atoms with Crippen molar-refractivity contribution in [3.8, 4) is 0 Å². The molecule has 14 heavy (non-hydrogen) atoms. The molecule has 0 aliphatic heterocycles. The van der Waals surface area contributed by atoms with Gasteiger partial charge in [0.25, 0.3) is 0 Å². The van der Waals surface area contributed by atoms with Gasteiger partial charge in [0, 0.05) is 12.6 Å². The summed E-state index contributed by atoms with van der Waals surface area (Å²) in [5.41, 5.74) is -0.348. The predicted octanol–water partition coefficient (Wildman–Crippen LogP) is 1.96. The van der Waals surface area contributed by atoms with Gasteiger partial charge in [0.1, 0.15) is 0 Å². The molecule has 0 radical (unpaired) electrons. The van der Waals surface area contributed by atoms with Crippen LogP contribution in [0, 0.1) is 5.41 Å². The molecule has 0 fully saturated rings. The van der Waals surface area contributed by atoms with Crippen LogP contribution in [0.4, 0.5) is 0 Å². The molecule has 0 unspecified atom stereocenters. The lowest BCUT2D eigenvalue weighted by Crippen LogP contribution is -2.43. The van der Waals surface area contributed by atoms with Crippen molar-refractivity contribution >= 4 is 5.97 Å². The summed E-state index contributed by atoms with van der Waals surface area (Å²) in [6.45, 7) is 8.91. The average molecular weight is 201 g/mol. The first-order chi connectivity index (χ1) is 6.52. The summed E-state index contributed by atoms with van der Waals surface area (Å²) < 4.78 is 4.85. The molecule has 0 saturated carbocycles. The minimum absolute atomic E-state index is 0.101. The summed E-state index contributed by atoms with van der Waals surface area (Å²) >= 11 is 0. The summed E-state index contributed by atoms with van der Waals surface area (Å²) in [7, 11) is 1.46. The third-order valence-electron chi connectivity index (χ3n) is 2.82. The number of hydrogen-bond donors (Lipinski definition) is 1. The highest BCUT2D eigenvalue weighted by Crippen LogP contribution is 2.27. The van der Waals surface area contributed by atoms with Crippen molar-refractivity contribution in [3.63, 3.8) is 0 Å². The van der Waals surface area contributed by atoms with Crippen molar-refractivity contribution in [2.45, 2.75) is 46.6 Å². The fraction of sp³-hybridized carbons (Fsp3) is 0.909. The van der Waals surface area contributed by atoms with Crippen LogP contribution in [0.3, 0.4) is 0 Å². The Balaban J connectivity index is 4.45. The molecular formula is C11H23NO2. The largest absolute Gasteiger partial charge is 0.469 e. The minimum atomic E-state index is -0.348. The van der Waals surface area contributed by atoms with Crippen LogP contribution in [0.15, 0.2) is 0 Å². The maximum absolute atomic E-state index is 11.6. The Morgan fingerprint density at radius 2 is 1.86 bits per heavy atom. The molecule has 0 aliphatic rings. The van der Waals surface area contributed by atoms with E-state index in [1.807, 2.05) is 13.8 Å². The van der Waals surface area contributed by atoms with E-state index in [4.69, 9.17) is 4.74 Å². The molecule has 0 atom stereocenters. The fourth-order valence-electron chi connectivity index (χ4n) is 1.48. The molecule has 0 aromatic rings. The van der Waals surface area contributed by atoms with E-state index in [-0.39, 0.29) is 11.4 Å². The molecule has 3 nitrogen and oxygen atoms in total. The van der Waals surface area contributed by atoms with Crippen molar-refractivity contribution in [1.29, 1.82) is 0 Å². The second-order valence-electron chi connectivity index (χ2n) is 4.01. The highest BCUT2D eigenvalue weighted by molar-refractivity contribution is 5.76. The maximum Gasteiger partial charge on any atom is 0.313 e. The van der Waals surface area contributed by atoms with Gasteiger partial charge in [0.15, 0.2) is 0 Å². The SMILES string of the molecule is CCC(CC)(CNC(C)C)C(=O)OC. The lowest BCUT2D eigenvalue weighted by molar-refractivity contribution is -0.153. The molecular weight excluding hydrogens is 178 g/mol. The third kappa shape index (κ3) is 3.29. The van der Waals surface area contributed by atoms with Gasteiger partial charge in [-0.3, -0.25) is 4.79 Å². The van der Waals surface area contributed by atoms with E-state index in [0.717, 1.165) is 12.8 Å². The van der Waals surface area contributed by atoms with Crippen LogP contribution in [0.25, 0.3) is 0 Å². The topological polar surface area (TPSA) is 38.3 Å². The monoisotopic (exact) mass is 201 g/mol. The van der Waals surface area contributed by atoms with Gasteiger partial charge in [-0.15, -0.1) is 0 Å². The highest BCUT2D eigenvalue weighted by Gasteiger charge is 2.35. The third-order valence-corrected chi connectivity index (χ3v) is 2.82.